The first-order valence-electron chi connectivity index (χ1n) is 7.44. The summed E-state index contributed by atoms with van der Waals surface area (Å²) < 4.78 is 14.6. The van der Waals surface area contributed by atoms with Crippen molar-refractivity contribution in [3.05, 3.63) is 69.5 Å². The van der Waals surface area contributed by atoms with Crippen molar-refractivity contribution < 1.29 is 9.18 Å². The van der Waals surface area contributed by atoms with Crippen molar-refractivity contribution in [2.24, 2.45) is 0 Å². The van der Waals surface area contributed by atoms with Crippen LogP contribution in [0.2, 0.25) is 0 Å². The molecule has 0 bridgehead atoms. The molecule has 0 saturated carbocycles. The van der Waals surface area contributed by atoms with Crippen LogP contribution >= 0.6 is 0 Å². The number of rotatable bonds is 0. The number of ketones is 1. The zero-order chi connectivity index (χ0) is 16.7. The zero-order valence-electron chi connectivity index (χ0n) is 13.1. The van der Waals surface area contributed by atoms with E-state index in [1.54, 1.807) is 12.1 Å². The summed E-state index contributed by atoms with van der Waals surface area (Å²) in [4.78, 5) is 29.2. The minimum atomic E-state index is -0.511. The standard InChI is InChI=1S/C16H9FN2O2.C2H6/c1-8-2-4-12-10(6-8)16(21)19-13-5-3-9(17)7-11(13)14(20)15(19)18-12;1-2/h2-7H,1H3;1-2H3. The second-order valence-electron chi connectivity index (χ2n) is 5.09. The largest absolute Gasteiger partial charge is 0.285 e. The van der Waals surface area contributed by atoms with Crippen molar-refractivity contribution in [3.8, 4) is 5.69 Å². The normalized spacial score (nSPS) is 11.7. The van der Waals surface area contributed by atoms with Gasteiger partial charge in [-0.15, -0.1) is 0 Å². The number of fused-ring (bicyclic) bond motifs is 4. The van der Waals surface area contributed by atoms with E-state index in [2.05, 4.69) is 4.98 Å². The van der Waals surface area contributed by atoms with Gasteiger partial charge in [0.2, 0.25) is 5.78 Å². The highest BCUT2D eigenvalue weighted by atomic mass is 19.1. The number of carbonyl (C=O) groups excluding carboxylic acids is 1. The molecule has 1 aliphatic rings. The second kappa shape index (κ2) is 5.43. The number of benzene rings is 2. The smallest absolute Gasteiger partial charge is 0.266 e. The summed E-state index contributed by atoms with van der Waals surface area (Å²) in [6.45, 7) is 5.88. The summed E-state index contributed by atoms with van der Waals surface area (Å²) in [5.41, 5.74) is 1.66. The molecule has 0 radical (unpaired) electrons. The first kappa shape index (κ1) is 15.1. The summed E-state index contributed by atoms with van der Waals surface area (Å²) in [5, 5.41) is 0.448. The molecule has 116 valence electrons. The molecular weight excluding hydrogens is 295 g/mol. The third-order valence-electron chi connectivity index (χ3n) is 3.67. The van der Waals surface area contributed by atoms with Gasteiger partial charge in [0.25, 0.3) is 5.56 Å². The van der Waals surface area contributed by atoms with Gasteiger partial charge >= 0.3 is 0 Å². The second-order valence-corrected chi connectivity index (χ2v) is 5.09. The number of hydrogen-bond acceptors (Lipinski definition) is 3. The summed E-state index contributed by atoms with van der Waals surface area (Å²) in [7, 11) is 0. The molecule has 0 N–H and O–H groups in total. The molecule has 4 rings (SSSR count). The van der Waals surface area contributed by atoms with Crippen LogP contribution in [0.4, 0.5) is 4.39 Å². The number of halogens is 1. The number of nitrogens with zero attached hydrogens (tertiary/aromatic N) is 2. The fraction of sp³-hybridized carbons (Fsp3) is 0.167. The number of carbonyl (C=O) groups is 1. The van der Waals surface area contributed by atoms with Crippen LogP contribution in [0.3, 0.4) is 0 Å². The van der Waals surface area contributed by atoms with Crippen LogP contribution in [0.1, 0.15) is 35.6 Å². The fourth-order valence-electron chi connectivity index (χ4n) is 2.68. The lowest BCUT2D eigenvalue weighted by atomic mass is 10.1. The molecule has 0 unspecified atom stereocenters. The Morgan fingerprint density at radius 2 is 1.78 bits per heavy atom. The van der Waals surface area contributed by atoms with Crippen molar-refractivity contribution in [2.45, 2.75) is 20.8 Å². The predicted molar refractivity (Wildman–Crippen MR) is 86.8 cm³/mol. The Bertz CT molecular complexity index is 1010. The van der Waals surface area contributed by atoms with Gasteiger partial charge in [-0.3, -0.25) is 14.2 Å². The molecule has 1 aliphatic heterocycles. The van der Waals surface area contributed by atoms with Crippen molar-refractivity contribution in [1.82, 2.24) is 9.55 Å². The molecule has 0 aliphatic carbocycles. The molecule has 0 amide bonds. The van der Waals surface area contributed by atoms with Crippen LogP contribution in [0.15, 0.2) is 41.2 Å². The lowest BCUT2D eigenvalue weighted by molar-refractivity contribution is 0.103. The number of aryl methyl sites for hydroxylation is 1. The Kier molecular flexibility index (Phi) is 3.56. The highest BCUT2D eigenvalue weighted by Crippen LogP contribution is 2.26. The monoisotopic (exact) mass is 310 g/mol. The van der Waals surface area contributed by atoms with Gasteiger partial charge in [-0.1, -0.05) is 25.5 Å². The van der Waals surface area contributed by atoms with Gasteiger partial charge in [-0.2, -0.15) is 0 Å². The average molecular weight is 310 g/mol. The van der Waals surface area contributed by atoms with Crippen LogP contribution in [0.5, 0.6) is 0 Å². The van der Waals surface area contributed by atoms with E-state index < -0.39 is 11.6 Å². The van der Waals surface area contributed by atoms with Gasteiger partial charge in [0, 0.05) is 0 Å². The van der Waals surface area contributed by atoms with E-state index in [1.165, 1.54) is 16.7 Å². The molecule has 0 spiro atoms. The molecule has 0 fully saturated rings. The Hall–Kier alpha value is -2.82. The van der Waals surface area contributed by atoms with E-state index in [4.69, 9.17) is 0 Å². The molecule has 4 nitrogen and oxygen atoms in total. The van der Waals surface area contributed by atoms with E-state index in [0.717, 1.165) is 11.6 Å². The molecular formula is C18H15FN2O2. The Labute approximate surface area is 132 Å². The van der Waals surface area contributed by atoms with Crippen LogP contribution in [0.25, 0.3) is 16.6 Å². The third-order valence-corrected chi connectivity index (χ3v) is 3.67. The van der Waals surface area contributed by atoms with Crippen LogP contribution in [0, 0.1) is 12.7 Å². The molecule has 5 heteroatoms. The highest BCUT2D eigenvalue weighted by molar-refractivity contribution is 6.13. The number of aromatic nitrogens is 2. The Morgan fingerprint density at radius 3 is 2.52 bits per heavy atom. The van der Waals surface area contributed by atoms with E-state index in [9.17, 15) is 14.0 Å². The van der Waals surface area contributed by atoms with E-state index in [-0.39, 0.29) is 16.9 Å². The van der Waals surface area contributed by atoms with E-state index >= 15 is 0 Å². The Morgan fingerprint density at radius 1 is 1.04 bits per heavy atom. The van der Waals surface area contributed by atoms with E-state index in [0.29, 0.717) is 16.6 Å². The summed E-state index contributed by atoms with van der Waals surface area (Å²) >= 11 is 0. The van der Waals surface area contributed by atoms with Crippen LogP contribution < -0.4 is 5.56 Å². The minimum absolute atomic E-state index is 0.0388. The van der Waals surface area contributed by atoms with Gasteiger partial charge in [0.05, 0.1) is 22.2 Å². The average Bonchev–Trinajstić information content (AvgIpc) is 2.83. The van der Waals surface area contributed by atoms with E-state index in [1.807, 2.05) is 26.8 Å². The van der Waals surface area contributed by atoms with Crippen molar-refractivity contribution in [3.63, 3.8) is 0 Å². The van der Waals surface area contributed by atoms with Gasteiger partial charge in [0.15, 0.2) is 5.82 Å². The molecule has 23 heavy (non-hydrogen) atoms. The summed E-state index contributed by atoms with van der Waals surface area (Å²) in [6, 6.07) is 9.09. The highest BCUT2D eigenvalue weighted by Gasteiger charge is 2.30. The minimum Gasteiger partial charge on any atom is -0.285 e. The van der Waals surface area contributed by atoms with Crippen molar-refractivity contribution >= 4 is 16.7 Å². The lowest BCUT2D eigenvalue weighted by Crippen LogP contribution is -2.21. The van der Waals surface area contributed by atoms with Gasteiger partial charge < -0.3 is 0 Å². The molecule has 0 saturated heterocycles. The summed E-state index contributed by atoms with van der Waals surface area (Å²) in [5.74, 6) is -0.899. The fourth-order valence-corrected chi connectivity index (χ4v) is 2.68. The van der Waals surface area contributed by atoms with Crippen molar-refractivity contribution in [1.29, 1.82) is 0 Å². The molecule has 0 atom stereocenters. The van der Waals surface area contributed by atoms with Crippen LogP contribution in [-0.2, 0) is 0 Å². The zero-order valence-corrected chi connectivity index (χ0v) is 13.1. The first-order valence-corrected chi connectivity index (χ1v) is 7.44. The van der Waals surface area contributed by atoms with Gasteiger partial charge in [-0.05, 0) is 37.3 Å². The SMILES string of the molecule is CC.Cc1ccc2nc3n(c(=O)c2c1)-c1ccc(F)cc1C3=O. The predicted octanol–water partition coefficient (Wildman–Crippen LogP) is 3.40. The van der Waals surface area contributed by atoms with Crippen molar-refractivity contribution in [2.75, 3.05) is 0 Å². The maximum Gasteiger partial charge on any atom is 0.266 e. The topological polar surface area (TPSA) is 52.0 Å². The van der Waals surface area contributed by atoms with Gasteiger partial charge in [-0.25, -0.2) is 9.37 Å². The quantitative estimate of drug-likeness (QED) is 0.500. The summed E-state index contributed by atoms with van der Waals surface area (Å²) in [6.07, 6.45) is 0. The third kappa shape index (κ3) is 2.16. The number of hydrogen-bond donors (Lipinski definition) is 0. The first-order chi connectivity index (χ1) is 11.1. The maximum absolute atomic E-state index is 13.3. The Balaban J connectivity index is 0.000000753. The molecule has 2 aromatic carbocycles. The lowest BCUT2D eigenvalue weighted by Gasteiger charge is -2.05. The molecule has 1 aromatic heterocycles. The van der Waals surface area contributed by atoms with Crippen LogP contribution in [-0.4, -0.2) is 15.3 Å². The van der Waals surface area contributed by atoms with Gasteiger partial charge in [0.1, 0.15) is 5.82 Å². The maximum atomic E-state index is 13.3. The molecule has 2 heterocycles. The molecule has 3 aromatic rings.